The third-order valence-corrected chi connectivity index (χ3v) is 2.88. The highest BCUT2D eigenvalue weighted by molar-refractivity contribution is 9.08. The quantitative estimate of drug-likeness (QED) is 0.791. The van der Waals surface area contributed by atoms with Gasteiger partial charge in [-0.05, 0) is 6.92 Å². The van der Waals surface area contributed by atoms with Gasteiger partial charge in [0.2, 0.25) is 0 Å². The number of alkyl halides is 1. The van der Waals surface area contributed by atoms with Gasteiger partial charge in [-0.1, -0.05) is 15.9 Å². The first kappa shape index (κ1) is 12.2. The predicted octanol–water partition coefficient (Wildman–Crippen LogP) is 2.92. The Hall–Kier alpha value is -0.900. The molecule has 0 aromatic heterocycles. The third-order valence-electron chi connectivity index (χ3n) is 2.32. The van der Waals surface area contributed by atoms with Gasteiger partial charge in [0.05, 0.1) is 21.3 Å². The van der Waals surface area contributed by atoms with Gasteiger partial charge in [-0.15, -0.1) is 0 Å². The molecule has 0 unspecified atom stereocenters. The maximum Gasteiger partial charge on any atom is 0.133 e. The lowest BCUT2D eigenvalue weighted by Gasteiger charge is -2.16. The average Bonchev–Trinajstić information content (AvgIpc) is 2.28. The molecular formula is C11H15BrO3. The Kier molecular flexibility index (Phi) is 4.27. The van der Waals surface area contributed by atoms with Gasteiger partial charge in [0.1, 0.15) is 17.2 Å². The van der Waals surface area contributed by atoms with Gasteiger partial charge in [-0.2, -0.15) is 0 Å². The monoisotopic (exact) mass is 274 g/mol. The molecule has 1 rings (SSSR count). The predicted molar refractivity (Wildman–Crippen MR) is 63.5 cm³/mol. The summed E-state index contributed by atoms with van der Waals surface area (Å²) in [7, 11) is 4.91. The Balaban J connectivity index is 3.43. The number of methoxy groups -OCH3 is 3. The molecule has 84 valence electrons. The maximum atomic E-state index is 5.36. The number of hydrogen-bond donors (Lipinski definition) is 0. The first-order chi connectivity index (χ1) is 7.19. The van der Waals surface area contributed by atoms with Crippen LogP contribution in [-0.2, 0) is 5.33 Å². The highest BCUT2D eigenvalue weighted by Crippen LogP contribution is 2.39. The molecule has 0 bridgehead atoms. The van der Waals surface area contributed by atoms with E-state index >= 15 is 0 Å². The van der Waals surface area contributed by atoms with Gasteiger partial charge in [0, 0.05) is 22.5 Å². The highest BCUT2D eigenvalue weighted by atomic mass is 79.9. The minimum atomic E-state index is 0.685. The minimum Gasteiger partial charge on any atom is -0.496 e. The standard InChI is InChI=1S/C11H15BrO3/c1-7-9(13-2)5-10(14-3)8(6-12)11(7)15-4/h5H,6H2,1-4H3. The van der Waals surface area contributed by atoms with E-state index < -0.39 is 0 Å². The Bertz CT molecular complexity index is 350. The molecule has 1 aromatic rings. The van der Waals surface area contributed by atoms with Crippen molar-refractivity contribution in [2.75, 3.05) is 21.3 Å². The smallest absolute Gasteiger partial charge is 0.133 e. The van der Waals surface area contributed by atoms with Crippen molar-refractivity contribution in [1.82, 2.24) is 0 Å². The zero-order valence-corrected chi connectivity index (χ0v) is 11.0. The molecule has 3 nitrogen and oxygen atoms in total. The molecule has 0 aliphatic heterocycles. The molecule has 0 saturated carbocycles. The second kappa shape index (κ2) is 5.26. The second-order valence-electron chi connectivity index (χ2n) is 3.05. The van der Waals surface area contributed by atoms with Crippen LogP contribution in [0.25, 0.3) is 0 Å². The van der Waals surface area contributed by atoms with E-state index in [0.29, 0.717) is 5.33 Å². The van der Waals surface area contributed by atoms with E-state index in [2.05, 4.69) is 15.9 Å². The summed E-state index contributed by atoms with van der Waals surface area (Å²) >= 11 is 3.42. The second-order valence-corrected chi connectivity index (χ2v) is 3.61. The van der Waals surface area contributed by atoms with Crippen LogP contribution in [0.4, 0.5) is 0 Å². The van der Waals surface area contributed by atoms with Gasteiger partial charge in [0.15, 0.2) is 0 Å². The first-order valence-electron chi connectivity index (χ1n) is 4.54. The van der Waals surface area contributed by atoms with E-state index in [9.17, 15) is 0 Å². The van der Waals surface area contributed by atoms with Crippen molar-refractivity contribution in [2.24, 2.45) is 0 Å². The summed E-state index contributed by atoms with van der Waals surface area (Å²) < 4.78 is 15.9. The van der Waals surface area contributed by atoms with Crippen molar-refractivity contribution in [3.05, 3.63) is 17.2 Å². The fraction of sp³-hybridized carbons (Fsp3) is 0.455. The summed E-state index contributed by atoms with van der Waals surface area (Å²) in [5, 5.41) is 0.685. The van der Waals surface area contributed by atoms with Crippen LogP contribution in [0, 0.1) is 6.92 Å². The number of ether oxygens (including phenoxy) is 3. The molecule has 0 aliphatic carbocycles. The van der Waals surface area contributed by atoms with Crippen molar-refractivity contribution in [3.8, 4) is 17.2 Å². The summed E-state index contributed by atoms with van der Waals surface area (Å²) in [6.07, 6.45) is 0. The molecule has 0 radical (unpaired) electrons. The van der Waals surface area contributed by atoms with E-state index in [4.69, 9.17) is 14.2 Å². The van der Waals surface area contributed by atoms with Crippen LogP contribution in [0.3, 0.4) is 0 Å². The Morgan fingerprint density at radius 1 is 1.07 bits per heavy atom. The van der Waals surface area contributed by atoms with E-state index in [1.807, 2.05) is 13.0 Å². The summed E-state index contributed by atoms with van der Waals surface area (Å²) in [6.45, 7) is 1.96. The molecule has 0 atom stereocenters. The Labute approximate surface area is 98.5 Å². The topological polar surface area (TPSA) is 27.7 Å². The molecule has 0 aliphatic rings. The van der Waals surface area contributed by atoms with Crippen molar-refractivity contribution >= 4 is 15.9 Å². The molecule has 0 saturated heterocycles. The van der Waals surface area contributed by atoms with Crippen molar-refractivity contribution in [3.63, 3.8) is 0 Å². The number of halogens is 1. The Morgan fingerprint density at radius 3 is 2.07 bits per heavy atom. The van der Waals surface area contributed by atoms with E-state index in [0.717, 1.165) is 28.4 Å². The zero-order valence-electron chi connectivity index (χ0n) is 9.39. The summed E-state index contributed by atoms with van der Waals surface area (Å²) in [6, 6.07) is 1.87. The maximum absolute atomic E-state index is 5.36. The van der Waals surface area contributed by atoms with Crippen LogP contribution in [0.2, 0.25) is 0 Å². The molecule has 0 N–H and O–H groups in total. The lowest BCUT2D eigenvalue weighted by atomic mass is 10.1. The van der Waals surface area contributed by atoms with Crippen LogP contribution in [-0.4, -0.2) is 21.3 Å². The summed E-state index contributed by atoms with van der Waals surface area (Å²) in [4.78, 5) is 0. The van der Waals surface area contributed by atoms with E-state index in [1.165, 1.54) is 0 Å². The van der Waals surface area contributed by atoms with Gasteiger partial charge < -0.3 is 14.2 Å². The molecule has 0 amide bonds. The highest BCUT2D eigenvalue weighted by Gasteiger charge is 2.16. The first-order valence-corrected chi connectivity index (χ1v) is 5.66. The third kappa shape index (κ3) is 2.20. The number of hydrogen-bond acceptors (Lipinski definition) is 3. The van der Waals surface area contributed by atoms with Crippen LogP contribution in [0.1, 0.15) is 11.1 Å². The molecule has 4 heteroatoms. The van der Waals surface area contributed by atoms with Crippen LogP contribution in [0.5, 0.6) is 17.2 Å². The number of rotatable bonds is 4. The van der Waals surface area contributed by atoms with Crippen molar-refractivity contribution < 1.29 is 14.2 Å². The molecule has 0 fully saturated rings. The lowest BCUT2D eigenvalue weighted by Crippen LogP contribution is -1.99. The summed E-state index contributed by atoms with van der Waals surface area (Å²) in [5.41, 5.74) is 1.98. The normalized spacial score (nSPS) is 9.93. The van der Waals surface area contributed by atoms with Crippen LogP contribution in [0.15, 0.2) is 6.07 Å². The average molecular weight is 275 g/mol. The minimum absolute atomic E-state index is 0.685. The SMILES string of the molecule is COc1cc(OC)c(CBr)c(OC)c1C. The molecule has 0 heterocycles. The zero-order chi connectivity index (χ0) is 11.4. The fourth-order valence-electron chi connectivity index (χ4n) is 1.56. The largest absolute Gasteiger partial charge is 0.496 e. The summed E-state index contributed by atoms with van der Waals surface area (Å²) in [5.74, 6) is 2.35. The molecule has 0 spiro atoms. The lowest BCUT2D eigenvalue weighted by molar-refractivity contribution is 0.367. The van der Waals surface area contributed by atoms with Gasteiger partial charge in [0.25, 0.3) is 0 Å². The van der Waals surface area contributed by atoms with Gasteiger partial charge in [-0.25, -0.2) is 0 Å². The van der Waals surface area contributed by atoms with Crippen molar-refractivity contribution in [1.29, 1.82) is 0 Å². The van der Waals surface area contributed by atoms with Crippen molar-refractivity contribution in [2.45, 2.75) is 12.3 Å². The van der Waals surface area contributed by atoms with Crippen LogP contribution >= 0.6 is 15.9 Å². The molecule has 1 aromatic carbocycles. The van der Waals surface area contributed by atoms with E-state index in [-0.39, 0.29) is 0 Å². The number of benzene rings is 1. The van der Waals surface area contributed by atoms with E-state index in [1.54, 1.807) is 21.3 Å². The van der Waals surface area contributed by atoms with Gasteiger partial charge in [-0.3, -0.25) is 0 Å². The molecule has 15 heavy (non-hydrogen) atoms. The van der Waals surface area contributed by atoms with Gasteiger partial charge >= 0.3 is 0 Å². The van der Waals surface area contributed by atoms with Crippen LogP contribution < -0.4 is 14.2 Å². The molecular weight excluding hydrogens is 260 g/mol. The fourth-order valence-corrected chi connectivity index (χ4v) is 2.09. The Morgan fingerprint density at radius 2 is 1.67 bits per heavy atom.